The van der Waals surface area contributed by atoms with Crippen molar-refractivity contribution in [2.45, 2.75) is 5.92 Å². The third kappa shape index (κ3) is 1.21. The van der Waals surface area contributed by atoms with Crippen LogP contribution in [0.2, 0.25) is 0 Å². The predicted octanol–water partition coefficient (Wildman–Crippen LogP) is 1.08. The van der Waals surface area contributed by atoms with Gasteiger partial charge in [-0.05, 0) is 17.7 Å². The first kappa shape index (κ1) is 6.68. The van der Waals surface area contributed by atoms with Gasteiger partial charge in [-0.25, -0.2) is 0 Å². The lowest BCUT2D eigenvalue weighted by Gasteiger charge is -2.27. The predicted molar refractivity (Wildman–Crippen MR) is 43.7 cm³/mol. The Bertz CT molecular complexity index is 255. The van der Waals surface area contributed by atoms with Crippen molar-refractivity contribution in [3.8, 4) is 5.75 Å². The third-order valence-electron chi connectivity index (χ3n) is 2.12. The second-order valence-electron chi connectivity index (χ2n) is 2.95. The second kappa shape index (κ2) is 2.55. The summed E-state index contributed by atoms with van der Waals surface area (Å²) in [6.45, 7) is 2.09. The highest BCUT2D eigenvalue weighted by Gasteiger charge is 2.18. The molecule has 1 heterocycles. The quantitative estimate of drug-likeness (QED) is 0.626. The number of nitrogens with one attached hydrogen (secondary N) is 1. The molecule has 0 saturated carbocycles. The van der Waals surface area contributed by atoms with Gasteiger partial charge in [0.2, 0.25) is 0 Å². The fraction of sp³-hybridized carbons (Fsp3) is 0.333. The van der Waals surface area contributed by atoms with Gasteiger partial charge >= 0.3 is 0 Å². The number of hydrogen-bond donors (Lipinski definition) is 2. The average Bonchev–Trinajstić information content (AvgIpc) is 1.83. The van der Waals surface area contributed by atoms with Gasteiger partial charge in [0.1, 0.15) is 5.75 Å². The summed E-state index contributed by atoms with van der Waals surface area (Å²) in [6.07, 6.45) is 0. The Labute approximate surface area is 65.9 Å². The molecule has 0 aliphatic carbocycles. The summed E-state index contributed by atoms with van der Waals surface area (Å²) >= 11 is 0. The molecule has 1 aliphatic heterocycles. The maximum atomic E-state index is 9.16. The fourth-order valence-corrected chi connectivity index (χ4v) is 1.30. The molecule has 1 aromatic carbocycles. The van der Waals surface area contributed by atoms with E-state index in [1.165, 1.54) is 5.56 Å². The summed E-state index contributed by atoms with van der Waals surface area (Å²) in [5.74, 6) is 0.983. The van der Waals surface area contributed by atoms with Crippen LogP contribution in [0, 0.1) is 0 Å². The van der Waals surface area contributed by atoms with Gasteiger partial charge in [0, 0.05) is 19.0 Å². The standard InChI is InChI=1S/C9H11NO/c11-9-3-1-2-7(4-9)8-5-10-6-8/h1-4,8,10-11H,5-6H2. The minimum absolute atomic E-state index is 0.370. The first-order valence-electron chi connectivity index (χ1n) is 3.86. The Morgan fingerprint density at radius 1 is 1.36 bits per heavy atom. The summed E-state index contributed by atoms with van der Waals surface area (Å²) < 4.78 is 0. The van der Waals surface area contributed by atoms with E-state index in [9.17, 15) is 0 Å². The molecule has 2 rings (SSSR count). The van der Waals surface area contributed by atoms with E-state index in [-0.39, 0.29) is 0 Å². The van der Waals surface area contributed by atoms with Crippen LogP contribution in [-0.4, -0.2) is 18.2 Å². The van der Waals surface area contributed by atoms with Crippen molar-refractivity contribution < 1.29 is 5.11 Å². The van der Waals surface area contributed by atoms with E-state index in [1.807, 2.05) is 12.1 Å². The first-order chi connectivity index (χ1) is 5.36. The van der Waals surface area contributed by atoms with Crippen LogP contribution in [0.4, 0.5) is 0 Å². The fourth-order valence-electron chi connectivity index (χ4n) is 1.30. The molecule has 0 amide bonds. The minimum atomic E-state index is 0.370. The van der Waals surface area contributed by atoms with Crippen molar-refractivity contribution >= 4 is 0 Å². The van der Waals surface area contributed by atoms with E-state index in [0.29, 0.717) is 11.7 Å². The van der Waals surface area contributed by atoms with Gasteiger partial charge in [-0.15, -0.1) is 0 Å². The Morgan fingerprint density at radius 2 is 2.18 bits per heavy atom. The summed E-state index contributed by atoms with van der Waals surface area (Å²) in [6, 6.07) is 7.50. The largest absolute Gasteiger partial charge is 0.508 e. The molecule has 2 heteroatoms. The SMILES string of the molecule is Oc1cccc(C2CNC2)c1. The Morgan fingerprint density at radius 3 is 2.73 bits per heavy atom. The molecule has 1 fully saturated rings. The number of phenols is 1. The molecular formula is C9H11NO. The highest BCUT2D eigenvalue weighted by Crippen LogP contribution is 2.22. The van der Waals surface area contributed by atoms with Crippen LogP contribution >= 0.6 is 0 Å². The molecule has 0 unspecified atom stereocenters. The van der Waals surface area contributed by atoms with Crippen LogP contribution in [0.5, 0.6) is 5.75 Å². The number of benzene rings is 1. The van der Waals surface area contributed by atoms with Crippen LogP contribution < -0.4 is 5.32 Å². The molecule has 0 radical (unpaired) electrons. The van der Waals surface area contributed by atoms with E-state index in [0.717, 1.165) is 13.1 Å². The summed E-state index contributed by atoms with van der Waals surface area (Å²) in [7, 11) is 0. The topological polar surface area (TPSA) is 32.3 Å². The van der Waals surface area contributed by atoms with E-state index in [1.54, 1.807) is 6.07 Å². The van der Waals surface area contributed by atoms with E-state index < -0.39 is 0 Å². The molecule has 0 aromatic heterocycles. The molecular weight excluding hydrogens is 138 g/mol. The molecule has 1 saturated heterocycles. The van der Waals surface area contributed by atoms with Crippen LogP contribution in [0.15, 0.2) is 24.3 Å². The van der Waals surface area contributed by atoms with E-state index >= 15 is 0 Å². The second-order valence-corrected chi connectivity index (χ2v) is 2.95. The molecule has 2 N–H and O–H groups in total. The smallest absolute Gasteiger partial charge is 0.115 e. The van der Waals surface area contributed by atoms with Crippen molar-refractivity contribution in [3.63, 3.8) is 0 Å². The number of aromatic hydroxyl groups is 1. The zero-order valence-corrected chi connectivity index (χ0v) is 6.25. The van der Waals surface area contributed by atoms with Gasteiger partial charge in [-0.3, -0.25) is 0 Å². The maximum Gasteiger partial charge on any atom is 0.115 e. The van der Waals surface area contributed by atoms with E-state index in [4.69, 9.17) is 5.11 Å². The summed E-state index contributed by atoms with van der Waals surface area (Å²) in [4.78, 5) is 0. The van der Waals surface area contributed by atoms with Gasteiger partial charge in [-0.1, -0.05) is 12.1 Å². The molecule has 1 aliphatic rings. The molecule has 1 aromatic rings. The lowest BCUT2D eigenvalue weighted by molar-refractivity contribution is 0.441. The first-order valence-corrected chi connectivity index (χ1v) is 3.86. The van der Waals surface area contributed by atoms with Crippen molar-refractivity contribution in [2.24, 2.45) is 0 Å². The van der Waals surface area contributed by atoms with Crippen LogP contribution in [0.25, 0.3) is 0 Å². The van der Waals surface area contributed by atoms with Gasteiger partial charge in [0.15, 0.2) is 0 Å². The van der Waals surface area contributed by atoms with Gasteiger partial charge in [0.05, 0.1) is 0 Å². The maximum absolute atomic E-state index is 9.16. The molecule has 0 spiro atoms. The average molecular weight is 149 g/mol. The normalized spacial score (nSPS) is 17.8. The Hall–Kier alpha value is -1.02. The third-order valence-corrected chi connectivity index (χ3v) is 2.12. The number of hydrogen-bond acceptors (Lipinski definition) is 2. The monoisotopic (exact) mass is 149 g/mol. The highest BCUT2D eigenvalue weighted by molar-refractivity contribution is 5.31. The zero-order chi connectivity index (χ0) is 7.68. The molecule has 0 bridgehead atoms. The molecule has 58 valence electrons. The Kier molecular flexibility index (Phi) is 1.55. The van der Waals surface area contributed by atoms with E-state index in [2.05, 4.69) is 11.4 Å². The van der Waals surface area contributed by atoms with Crippen molar-refractivity contribution in [1.82, 2.24) is 5.32 Å². The molecule has 2 nitrogen and oxygen atoms in total. The lowest BCUT2D eigenvalue weighted by Crippen LogP contribution is -2.39. The lowest BCUT2D eigenvalue weighted by atomic mass is 9.94. The number of phenolic OH excluding ortho intramolecular Hbond substituents is 1. The molecule has 11 heavy (non-hydrogen) atoms. The summed E-state index contributed by atoms with van der Waals surface area (Å²) in [5.41, 5.74) is 1.24. The van der Waals surface area contributed by atoms with Crippen LogP contribution in [0.3, 0.4) is 0 Å². The number of rotatable bonds is 1. The van der Waals surface area contributed by atoms with Gasteiger partial charge < -0.3 is 10.4 Å². The molecule has 0 atom stereocenters. The van der Waals surface area contributed by atoms with Crippen molar-refractivity contribution in [3.05, 3.63) is 29.8 Å². The Balaban J connectivity index is 2.23. The van der Waals surface area contributed by atoms with Gasteiger partial charge in [-0.2, -0.15) is 0 Å². The minimum Gasteiger partial charge on any atom is -0.508 e. The van der Waals surface area contributed by atoms with Crippen molar-refractivity contribution in [1.29, 1.82) is 0 Å². The van der Waals surface area contributed by atoms with Gasteiger partial charge in [0.25, 0.3) is 0 Å². The zero-order valence-electron chi connectivity index (χ0n) is 6.25. The summed E-state index contributed by atoms with van der Waals surface area (Å²) in [5, 5.41) is 12.4. The van der Waals surface area contributed by atoms with Crippen molar-refractivity contribution in [2.75, 3.05) is 13.1 Å². The highest BCUT2D eigenvalue weighted by atomic mass is 16.3. The van der Waals surface area contributed by atoms with Crippen LogP contribution in [-0.2, 0) is 0 Å². The van der Waals surface area contributed by atoms with Crippen LogP contribution in [0.1, 0.15) is 11.5 Å².